The maximum atomic E-state index is 13.0. The Balaban J connectivity index is 1.88. The molecule has 132 valence electrons. The van der Waals surface area contributed by atoms with Gasteiger partial charge in [0.25, 0.3) is 5.91 Å². The molecule has 0 radical (unpaired) electrons. The molecule has 0 aliphatic rings. The van der Waals surface area contributed by atoms with Crippen molar-refractivity contribution in [2.75, 3.05) is 7.05 Å². The summed E-state index contributed by atoms with van der Waals surface area (Å²) in [5.41, 5.74) is 1.58. The zero-order valence-electron chi connectivity index (χ0n) is 15.6. The van der Waals surface area contributed by atoms with Crippen molar-refractivity contribution in [2.24, 2.45) is 0 Å². The lowest BCUT2D eigenvalue weighted by molar-refractivity contribution is 0.0731. The number of hydrogen-bond donors (Lipinski definition) is 0. The van der Waals surface area contributed by atoms with Crippen LogP contribution in [0.2, 0.25) is 0 Å². The molecule has 0 aliphatic heterocycles. The van der Waals surface area contributed by atoms with Gasteiger partial charge in [-0.15, -0.1) is 11.3 Å². The molecular formula is C20H24N2O2S. The highest BCUT2D eigenvalue weighted by Crippen LogP contribution is 2.32. The maximum Gasteiger partial charge on any atom is 0.266 e. The number of hydrogen-bond acceptors (Lipinski definition) is 4. The van der Waals surface area contributed by atoms with E-state index in [1.54, 1.807) is 4.90 Å². The number of aromatic nitrogens is 1. The van der Waals surface area contributed by atoms with Gasteiger partial charge in [0.2, 0.25) is 0 Å². The molecule has 0 saturated heterocycles. The number of carbonyl (C=O) groups excluding carboxylic acids is 1. The van der Waals surface area contributed by atoms with Crippen LogP contribution in [0.3, 0.4) is 0 Å². The van der Waals surface area contributed by atoms with E-state index >= 15 is 0 Å². The highest BCUT2D eigenvalue weighted by Gasteiger charge is 2.27. The third-order valence-electron chi connectivity index (χ3n) is 4.39. The second-order valence-electron chi connectivity index (χ2n) is 7.46. The van der Waals surface area contributed by atoms with E-state index in [-0.39, 0.29) is 17.4 Å². The topological polar surface area (TPSA) is 46.3 Å². The lowest BCUT2D eigenvalue weighted by atomic mass is 9.98. The Hall–Kier alpha value is -2.14. The lowest BCUT2D eigenvalue weighted by Gasteiger charge is -2.22. The summed E-state index contributed by atoms with van der Waals surface area (Å²) in [6, 6.07) is 9.74. The fourth-order valence-electron chi connectivity index (χ4n) is 2.65. The monoisotopic (exact) mass is 356 g/mol. The summed E-state index contributed by atoms with van der Waals surface area (Å²) < 4.78 is 5.92. The Bertz CT molecular complexity index is 884. The van der Waals surface area contributed by atoms with Crippen molar-refractivity contribution >= 4 is 28.2 Å². The molecule has 25 heavy (non-hydrogen) atoms. The molecule has 1 unspecified atom stereocenters. The predicted molar refractivity (Wildman–Crippen MR) is 102 cm³/mol. The standard InChI is InChI=1S/C20H24N2O2S/c1-12-17(25-19(21-12)20(3,4)5)18(23)22(6)13(2)16-11-14-9-7-8-10-15(14)24-16/h7-11,13H,1-6H3. The van der Waals surface area contributed by atoms with Gasteiger partial charge in [0, 0.05) is 17.8 Å². The molecule has 3 aromatic rings. The number of amides is 1. The largest absolute Gasteiger partial charge is 0.459 e. The second kappa shape index (κ2) is 6.30. The minimum Gasteiger partial charge on any atom is -0.459 e. The van der Waals surface area contributed by atoms with Gasteiger partial charge in [-0.2, -0.15) is 0 Å². The molecule has 0 fully saturated rings. The number of benzene rings is 1. The molecule has 0 bridgehead atoms. The highest BCUT2D eigenvalue weighted by atomic mass is 32.1. The average Bonchev–Trinajstić information content (AvgIpc) is 3.15. The summed E-state index contributed by atoms with van der Waals surface area (Å²) in [5.74, 6) is 0.772. The first kappa shape index (κ1) is 17.7. The number of furan rings is 1. The summed E-state index contributed by atoms with van der Waals surface area (Å²) in [6.45, 7) is 10.2. The highest BCUT2D eigenvalue weighted by molar-refractivity contribution is 7.14. The van der Waals surface area contributed by atoms with E-state index in [1.807, 2.05) is 51.2 Å². The number of fused-ring (bicyclic) bond motifs is 1. The summed E-state index contributed by atoms with van der Waals surface area (Å²) in [7, 11) is 1.82. The van der Waals surface area contributed by atoms with Gasteiger partial charge in [-0.1, -0.05) is 39.0 Å². The van der Waals surface area contributed by atoms with E-state index in [1.165, 1.54) is 11.3 Å². The predicted octanol–water partition coefficient (Wildman–Crippen LogP) is 5.33. The SMILES string of the molecule is Cc1nc(C(C)(C)C)sc1C(=O)N(C)C(C)c1cc2ccccc2o1. The normalized spacial score (nSPS) is 13.2. The van der Waals surface area contributed by atoms with Gasteiger partial charge in [0.15, 0.2) is 0 Å². The molecule has 4 nitrogen and oxygen atoms in total. The Labute approximate surface area is 152 Å². The van der Waals surface area contributed by atoms with Gasteiger partial charge in [0.05, 0.1) is 16.7 Å². The first-order chi connectivity index (χ1) is 11.7. The van der Waals surface area contributed by atoms with Crippen LogP contribution in [0, 0.1) is 6.92 Å². The van der Waals surface area contributed by atoms with E-state index in [9.17, 15) is 4.79 Å². The van der Waals surface area contributed by atoms with Crippen molar-refractivity contribution in [3.05, 3.63) is 51.7 Å². The fourth-order valence-corrected chi connectivity index (χ4v) is 3.76. The van der Waals surface area contributed by atoms with Gasteiger partial charge >= 0.3 is 0 Å². The summed E-state index contributed by atoms with van der Waals surface area (Å²) in [6.07, 6.45) is 0. The van der Waals surface area contributed by atoms with E-state index in [4.69, 9.17) is 4.42 Å². The minimum absolute atomic E-state index is 0.0153. The van der Waals surface area contributed by atoms with Gasteiger partial charge in [-0.25, -0.2) is 4.98 Å². The number of carbonyl (C=O) groups is 1. The Morgan fingerprint density at radius 3 is 2.56 bits per heavy atom. The maximum absolute atomic E-state index is 13.0. The number of aryl methyl sites for hydroxylation is 1. The van der Waals surface area contributed by atoms with Crippen LogP contribution in [0.15, 0.2) is 34.7 Å². The van der Waals surface area contributed by atoms with Crippen molar-refractivity contribution in [2.45, 2.75) is 46.1 Å². The molecule has 2 heterocycles. The average molecular weight is 356 g/mol. The Morgan fingerprint density at radius 1 is 1.28 bits per heavy atom. The third kappa shape index (κ3) is 3.33. The van der Waals surface area contributed by atoms with Crippen LogP contribution in [0.25, 0.3) is 11.0 Å². The van der Waals surface area contributed by atoms with Crippen molar-refractivity contribution in [1.29, 1.82) is 0 Å². The second-order valence-corrected chi connectivity index (χ2v) is 8.46. The number of nitrogens with zero attached hydrogens (tertiary/aromatic N) is 2. The van der Waals surface area contributed by atoms with Gasteiger partial charge < -0.3 is 9.32 Å². The summed E-state index contributed by atoms with van der Waals surface area (Å²) >= 11 is 1.49. The first-order valence-electron chi connectivity index (χ1n) is 8.42. The molecule has 0 saturated carbocycles. The molecule has 0 aliphatic carbocycles. The quantitative estimate of drug-likeness (QED) is 0.637. The molecular weight excluding hydrogens is 332 g/mol. The molecule has 1 atom stereocenters. The number of rotatable bonds is 3. The zero-order chi connectivity index (χ0) is 18.4. The summed E-state index contributed by atoms with van der Waals surface area (Å²) in [5, 5.41) is 2.03. The van der Waals surface area contributed by atoms with E-state index in [2.05, 4.69) is 25.8 Å². The molecule has 1 aromatic carbocycles. The zero-order valence-corrected chi connectivity index (χ0v) is 16.4. The molecule has 0 N–H and O–H groups in total. The molecule has 5 heteroatoms. The Morgan fingerprint density at radius 2 is 1.96 bits per heavy atom. The van der Waals surface area contributed by atoms with Gasteiger partial charge in [0.1, 0.15) is 16.2 Å². The van der Waals surface area contributed by atoms with E-state index in [0.29, 0.717) is 4.88 Å². The van der Waals surface area contributed by atoms with Crippen LogP contribution < -0.4 is 0 Å². The van der Waals surface area contributed by atoms with Crippen LogP contribution >= 0.6 is 11.3 Å². The third-order valence-corrected chi connectivity index (χ3v) is 5.96. The molecule has 3 rings (SSSR count). The van der Waals surface area contributed by atoms with Crippen molar-refractivity contribution in [3.63, 3.8) is 0 Å². The van der Waals surface area contributed by atoms with Gasteiger partial charge in [-0.3, -0.25) is 4.79 Å². The number of thiazole rings is 1. The molecule has 0 spiro atoms. The van der Waals surface area contributed by atoms with Crippen LogP contribution in [-0.4, -0.2) is 22.8 Å². The van der Waals surface area contributed by atoms with Crippen molar-refractivity contribution in [1.82, 2.24) is 9.88 Å². The smallest absolute Gasteiger partial charge is 0.266 e. The van der Waals surface area contributed by atoms with Crippen LogP contribution in [0.5, 0.6) is 0 Å². The molecule has 1 amide bonds. The van der Waals surface area contributed by atoms with Crippen LogP contribution in [0.1, 0.15) is 59.9 Å². The molecule has 2 aromatic heterocycles. The van der Waals surface area contributed by atoms with Crippen LogP contribution in [0.4, 0.5) is 0 Å². The first-order valence-corrected chi connectivity index (χ1v) is 9.23. The fraction of sp³-hybridized carbons (Fsp3) is 0.400. The number of para-hydroxylation sites is 1. The van der Waals surface area contributed by atoms with E-state index in [0.717, 1.165) is 27.4 Å². The van der Waals surface area contributed by atoms with Gasteiger partial charge in [-0.05, 0) is 26.0 Å². The Kier molecular flexibility index (Phi) is 4.45. The van der Waals surface area contributed by atoms with Crippen molar-refractivity contribution in [3.8, 4) is 0 Å². The minimum atomic E-state index is -0.153. The summed E-state index contributed by atoms with van der Waals surface area (Å²) in [4.78, 5) is 20.0. The van der Waals surface area contributed by atoms with Crippen molar-refractivity contribution < 1.29 is 9.21 Å². The lowest BCUT2D eigenvalue weighted by Crippen LogP contribution is -2.29. The van der Waals surface area contributed by atoms with E-state index < -0.39 is 0 Å². The van der Waals surface area contributed by atoms with Crippen LogP contribution in [-0.2, 0) is 5.41 Å².